The summed E-state index contributed by atoms with van der Waals surface area (Å²) in [5.74, 6) is 2.26. The smallest absolute Gasteiger partial charge is 0.305 e. The highest BCUT2D eigenvalue weighted by Crippen LogP contribution is 2.12. The Kier molecular flexibility index (Phi) is 5.99. The number of nitrogens with one attached hydrogen (secondary N) is 2. The fourth-order valence-electron chi connectivity index (χ4n) is 1.16. The Morgan fingerprint density at radius 1 is 1.40 bits per heavy atom. The largest absolute Gasteiger partial charge is 0.481 e. The van der Waals surface area contributed by atoms with Crippen LogP contribution in [0.5, 0.6) is 0 Å². The summed E-state index contributed by atoms with van der Waals surface area (Å²) >= 11 is 0. The van der Waals surface area contributed by atoms with Gasteiger partial charge >= 0.3 is 5.97 Å². The van der Waals surface area contributed by atoms with E-state index < -0.39 is 5.97 Å². The summed E-state index contributed by atoms with van der Waals surface area (Å²) in [6.07, 6.45) is 5.10. The Bertz CT molecular complexity index is 501. The molecule has 0 aliphatic heterocycles. The molecule has 1 aromatic rings. The third kappa shape index (κ3) is 4.95. The first kappa shape index (κ1) is 15.5. The van der Waals surface area contributed by atoms with Gasteiger partial charge in [0.15, 0.2) is 0 Å². The van der Waals surface area contributed by atoms with Crippen LogP contribution in [0.4, 0.5) is 17.8 Å². The van der Waals surface area contributed by atoms with Crippen LogP contribution in [-0.2, 0) is 9.63 Å². The van der Waals surface area contributed by atoms with Crippen molar-refractivity contribution in [3.05, 3.63) is 0 Å². The van der Waals surface area contributed by atoms with Crippen LogP contribution in [0.1, 0.15) is 6.42 Å². The van der Waals surface area contributed by atoms with Gasteiger partial charge in [0.1, 0.15) is 0 Å². The Morgan fingerprint density at radius 3 is 2.60 bits per heavy atom. The summed E-state index contributed by atoms with van der Waals surface area (Å²) in [7, 11) is 3.09. The first-order chi connectivity index (χ1) is 9.56. The van der Waals surface area contributed by atoms with E-state index in [-0.39, 0.29) is 37.4 Å². The second-order valence-electron chi connectivity index (χ2n) is 3.59. The SMILES string of the molecule is C#CCNc1nc(NCCC(=O)O)nc(N(C)OC)n1. The molecule has 0 aliphatic carbocycles. The zero-order chi connectivity index (χ0) is 15.0. The van der Waals surface area contributed by atoms with Gasteiger partial charge in [-0.15, -0.1) is 6.42 Å². The summed E-state index contributed by atoms with van der Waals surface area (Å²) in [4.78, 5) is 27.7. The second-order valence-corrected chi connectivity index (χ2v) is 3.59. The van der Waals surface area contributed by atoms with Gasteiger partial charge < -0.3 is 15.7 Å². The van der Waals surface area contributed by atoms with Gasteiger partial charge in [-0.05, 0) is 0 Å². The van der Waals surface area contributed by atoms with Gasteiger partial charge in [0.2, 0.25) is 11.9 Å². The lowest BCUT2D eigenvalue weighted by Crippen LogP contribution is -2.21. The molecule has 0 aliphatic rings. The van der Waals surface area contributed by atoms with Gasteiger partial charge in [-0.1, -0.05) is 5.92 Å². The van der Waals surface area contributed by atoms with Gasteiger partial charge in [-0.2, -0.15) is 15.0 Å². The number of carboxylic acid groups (broad SMARTS) is 1. The van der Waals surface area contributed by atoms with Gasteiger partial charge in [0.25, 0.3) is 5.95 Å². The molecule has 0 amide bonds. The van der Waals surface area contributed by atoms with Crippen LogP contribution in [0.2, 0.25) is 0 Å². The van der Waals surface area contributed by atoms with Crippen LogP contribution in [-0.4, -0.2) is 53.3 Å². The van der Waals surface area contributed by atoms with Crippen LogP contribution in [0.3, 0.4) is 0 Å². The molecule has 1 aromatic heterocycles. The van der Waals surface area contributed by atoms with Crippen LogP contribution in [0.25, 0.3) is 0 Å². The molecule has 20 heavy (non-hydrogen) atoms. The highest BCUT2D eigenvalue weighted by Gasteiger charge is 2.10. The average molecular weight is 280 g/mol. The minimum Gasteiger partial charge on any atom is -0.481 e. The average Bonchev–Trinajstić information content (AvgIpc) is 2.43. The standard InChI is InChI=1S/C11H16N6O3/c1-4-6-12-9-14-10(13-7-5-8(18)19)16-11(15-9)17(2)20-3/h1H,5-7H2,2-3H3,(H,18,19)(H2,12,13,14,15,16). The molecule has 0 saturated carbocycles. The van der Waals surface area contributed by atoms with Crippen molar-refractivity contribution in [1.29, 1.82) is 0 Å². The molecule has 0 atom stereocenters. The zero-order valence-electron chi connectivity index (χ0n) is 11.3. The van der Waals surface area contributed by atoms with Crippen LogP contribution < -0.4 is 15.7 Å². The topological polar surface area (TPSA) is 112 Å². The van der Waals surface area contributed by atoms with E-state index >= 15 is 0 Å². The van der Waals surface area contributed by atoms with Crippen molar-refractivity contribution in [2.45, 2.75) is 6.42 Å². The quantitative estimate of drug-likeness (QED) is 0.440. The lowest BCUT2D eigenvalue weighted by atomic mass is 10.4. The van der Waals surface area contributed by atoms with E-state index in [4.69, 9.17) is 16.4 Å². The number of hydrogen-bond acceptors (Lipinski definition) is 8. The number of aromatic nitrogens is 3. The van der Waals surface area contributed by atoms with Crippen molar-refractivity contribution < 1.29 is 14.7 Å². The van der Waals surface area contributed by atoms with E-state index in [1.54, 1.807) is 7.05 Å². The maximum absolute atomic E-state index is 10.5. The molecule has 9 nitrogen and oxygen atoms in total. The fraction of sp³-hybridized carbons (Fsp3) is 0.455. The fourth-order valence-corrected chi connectivity index (χ4v) is 1.16. The predicted octanol–water partition coefficient (Wildman–Crippen LogP) is -0.199. The van der Waals surface area contributed by atoms with Gasteiger partial charge in [-0.3, -0.25) is 9.63 Å². The molecule has 0 spiro atoms. The zero-order valence-corrected chi connectivity index (χ0v) is 11.3. The van der Waals surface area contributed by atoms with Crippen LogP contribution in [0.15, 0.2) is 0 Å². The molecule has 3 N–H and O–H groups in total. The van der Waals surface area contributed by atoms with Gasteiger partial charge in [0, 0.05) is 13.6 Å². The third-order valence-electron chi connectivity index (χ3n) is 2.15. The van der Waals surface area contributed by atoms with E-state index in [1.807, 2.05) is 0 Å². The van der Waals surface area contributed by atoms with Crippen LogP contribution in [0, 0.1) is 12.3 Å². The number of nitrogens with zero attached hydrogens (tertiary/aromatic N) is 4. The van der Waals surface area contributed by atoms with E-state index in [0.29, 0.717) is 0 Å². The summed E-state index contributed by atoms with van der Waals surface area (Å²) in [5.41, 5.74) is 0. The molecule has 1 rings (SSSR count). The van der Waals surface area contributed by atoms with Crippen molar-refractivity contribution in [1.82, 2.24) is 15.0 Å². The summed E-state index contributed by atoms with van der Waals surface area (Å²) in [5, 5.41) is 15.5. The number of carboxylic acids is 1. The number of rotatable bonds is 8. The maximum Gasteiger partial charge on any atom is 0.305 e. The molecule has 1 heterocycles. The molecule has 0 fully saturated rings. The summed E-state index contributed by atoms with van der Waals surface area (Å²) < 4.78 is 0. The molecule has 0 unspecified atom stereocenters. The van der Waals surface area contributed by atoms with E-state index in [9.17, 15) is 4.79 Å². The monoisotopic (exact) mass is 280 g/mol. The highest BCUT2D eigenvalue weighted by atomic mass is 16.7. The summed E-state index contributed by atoms with van der Waals surface area (Å²) in [6.45, 7) is 0.457. The maximum atomic E-state index is 10.5. The number of terminal acetylenes is 1. The molecule has 108 valence electrons. The lowest BCUT2D eigenvalue weighted by molar-refractivity contribution is -0.136. The third-order valence-corrected chi connectivity index (χ3v) is 2.15. The molecular weight excluding hydrogens is 264 g/mol. The van der Waals surface area contributed by atoms with E-state index in [1.165, 1.54) is 12.2 Å². The van der Waals surface area contributed by atoms with Crippen molar-refractivity contribution in [2.24, 2.45) is 0 Å². The Hall–Kier alpha value is -2.60. The first-order valence-corrected chi connectivity index (χ1v) is 5.73. The van der Waals surface area contributed by atoms with E-state index in [0.717, 1.165) is 0 Å². The molecular formula is C11H16N6O3. The molecule has 0 bridgehead atoms. The molecule has 0 aromatic carbocycles. The lowest BCUT2D eigenvalue weighted by Gasteiger charge is -2.15. The number of anilines is 3. The first-order valence-electron chi connectivity index (χ1n) is 5.73. The van der Waals surface area contributed by atoms with Crippen LogP contribution >= 0.6 is 0 Å². The second kappa shape index (κ2) is 7.75. The number of carbonyl (C=O) groups is 1. The molecule has 9 heteroatoms. The minimum atomic E-state index is -0.911. The number of hydroxylamine groups is 1. The van der Waals surface area contributed by atoms with Crippen molar-refractivity contribution >= 4 is 23.8 Å². The normalized spacial score (nSPS) is 9.65. The summed E-state index contributed by atoms with van der Waals surface area (Å²) in [6, 6.07) is 0. The van der Waals surface area contributed by atoms with Crippen molar-refractivity contribution in [2.75, 3.05) is 42.9 Å². The molecule has 0 radical (unpaired) electrons. The van der Waals surface area contributed by atoms with Crippen molar-refractivity contribution in [3.63, 3.8) is 0 Å². The highest BCUT2D eigenvalue weighted by molar-refractivity contribution is 5.67. The molecule has 0 saturated heterocycles. The Labute approximate surface area is 116 Å². The van der Waals surface area contributed by atoms with Crippen molar-refractivity contribution in [3.8, 4) is 12.3 Å². The van der Waals surface area contributed by atoms with E-state index in [2.05, 4.69) is 31.5 Å². The number of aliphatic carboxylic acids is 1. The number of hydrogen-bond donors (Lipinski definition) is 3. The predicted molar refractivity (Wildman–Crippen MR) is 73.3 cm³/mol. The Morgan fingerprint density at radius 2 is 2.05 bits per heavy atom. The van der Waals surface area contributed by atoms with Gasteiger partial charge in [0.05, 0.1) is 20.1 Å². The van der Waals surface area contributed by atoms with Gasteiger partial charge in [-0.25, -0.2) is 5.06 Å². The minimum absolute atomic E-state index is 0.0474. The Balaban J connectivity index is 2.85.